The topological polar surface area (TPSA) is 114 Å². The van der Waals surface area contributed by atoms with Gasteiger partial charge in [0.2, 0.25) is 21.8 Å². The highest BCUT2D eigenvalue weighted by Gasteiger charge is 2.11. The number of thioether (sulfide) groups is 1. The van der Waals surface area contributed by atoms with Crippen LogP contribution in [0.5, 0.6) is 0 Å². The standard InChI is InChI=1S/C19H20N4O4S2/c1-29(25,26)23-16-9-7-15(8-10-16)18-21-22-19(27-18)28-13-17(24)20-12-11-14-5-3-2-4-6-14/h2-10,23H,11-13H2,1H3,(H,20,24). The average molecular weight is 433 g/mol. The molecule has 0 aliphatic carbocycles. The van der Waals surface area contributed by atoms with E-state index < -0.39 is 10.0 Å². The van der Waals surface area contributed by atoms with Crippen molar-refractivity contribution in [1.82, 2.24) is 15.5 Å². The second kappa shape index (κ2) is 9.57. The second-order valence-corrected chi connectivity index (χ2v) is 8.87. The van der Waals surface area contributed by atoms with Crippen LogP contribution in [0.1, 0.15) is 5.56 Å². The zero-order valence-electron chi connectivity index (χ0n) is 15.7. The summed E-state index contributed by atoms with van der Waals surface area (Å²) in [5.41, 5.74) is 2.26. The summed E-state index contributed by atoms with van der Waals surface area (Å²) in [7, 11) is -3.33. The van der Waals surface area contributed by atoms with Gasteiger partial charge in [0.15, 0.2) is 0 Å². The molecule has 10 heteroatoms. The van der Waals surface area contributed by atoms with Crippen molar-refractivity contribution in [3.63, 3.8) is 0 Å². The molecule has 0 saturated carbocycles. The second-order valence-electron chi connectivity index (χ2n) is 6.20. The molecular formula is C19H20N4O4S2. The predicted molar refractivity (Wildman–Crippen MR) is 112 cm³/mol. The largest absolute Gasteiger partial charge is 0.411 e. The minimum atomic E-state index is -3.33. The Labute approximate surface area is 173 Å². The van der Waals surface area contributed by atoms with Gasteiger partial charge in [-0.1, -0.05) is 42.1 Å². The zero-order chi connectivity index (χ0) is 20.7. The third kappa shape index (κ3) is 6.91. The fourth-order valence-electron chi connectivity index (χ4n) is 2.45. The van der Waals surface area contributed by atoms with E-state index in [-0.39, 0.29) is 16.9 Å². The summed E-state index contributed by atoms with van der Waals surface area (Å²) in [6.45, 7) is 0.562. The Morgan fingerprint density at radius 2 is 1.79 bits per heavy atom. The summed E-state index contributed by atoms with van der Waals surface area (Å²) >= 11 is 1.16. The minimum Gasteiger partial charge on any atom is -0.411 e. The van der Waals surface area contributed by atoms with E-state index in [1.807, 2.05) is 30.3 Å². The van der Waals surface area contributed by atoms with Gasteiger partial charge in [-0.05, 0) is 36.2 Å². The molecule has 3 aromatic rings. The molecule has 152 valence electrons. The maximum Gasteiger partial charge on any atom is 0.277 e. The van der Waals surface area contributed by atoms with Crippen molar-refractivity contribution in [2.24, 2.45) is 0 Å². The number of aromatic nitrogens is 2. The molecule has 0 radical (unpaired) electrons. The van der Waals surface area contributed by atoms with E-state index in [9.17, 15) is 13.2 Å². The van der Waals surface area contributed by atoms with E-state index in [4.69, 9.17) is 4.42 Å². The van der Waals surface area contributed by atoms with Crippen molar-refractivity contribution in [2.75, 3.05) is 23.3 Å². The Bertz CT molecular complexity index is 1050. The minimum absolute atomic E-state index is 0.109. The Morgan fingerprint density at radius 1 is 1.07 bits per heavy atom. The van der Waals surface area contributed by atoms with Gasteiger partial charge >= 0.3 is 0 Å². The van der Waals surface area contributed by atoms with Crippen LogP contribution >= 0.6 is 11.8 Å². The molecule has 1 aromatic heterocycles. The third-order valence-electron chi connectivity index (χ3n) is 3.75. The first-order valence-corrected chi connectivity index (χ1v) is 11.6. The lowest BCUT2D eigenvalue weighted by Crippen LogP contribution is -2.27. The van der Waals surface area contributed by atoms with Crippen LogP contribution in [0.2, 0.25) is 0 Å². The molecule has 0 atom stereocenters. The van der Waals surface area contributed by atoms with Crippen LogP contribution in [0.25, 0.3) is 11.5 Å². The van der Waals surface area contributed by atoms with E-state index in [0.717, 1.165) is 24.4 Å². The molecule has 0 aliphatic rings. The highest BCUT2D eigenvalue weighted by atomic mass is 32.2. The van der Waals surface area contributed by atoms with Gasteiger partial charge in [-0.15, -0.1) is 10.2 Å². The van der Waals surface area contributed by atoms with Gasteiger partial charge in [0.1, 0.15) is 0 Å². The van der Waals surface area contributed by atoms with Gasteiger partial charge < -0.3 is 9.73 Å². The van der Waals surface area contributed by atoms with Crippen LogP contribution < -0.4 is 10.0 Å². The molecule has 0 spiro atoms. The quantitative estimate of drug-likeness (QED) is 0.500. The number of sulfonamides is 1. The molecule has 0 fully saturated rings. The van der Waals surface area contributed by atoms with Gasteiger partial charge in [-0.2, -0.15) is 0 Å². The van der Waals surface area contributed by atoms with Crippen molar-refractivity contribution in [3.05, 3.63) is 60.2 Å². The van der Waals surface area contributed by atoms with Crippen LogP contribution in [0.15, 0.2) is 64.2 Å². The number of carbonyl (C=O) groups is 1. The van der Waals surface area contributed by atoms with Crippen LogP contribution in [0.3, 0.4) is 0 Å². The molecule has 0 aliphatic heterocycles. The fourth-order valence-corrected chi connectivity index (χ4v) is 3.61. The van der Waals surface area contributed by atoms with Crippen molar-refractivity contribution < 1.29 is 17.6 Å². The van der Waals surface area contributed by atoms with E-state index in [1.165, 1.54) is 5.56 Å². The third-order valence-corrected chi connectivity index (χ3v) is 5.17. The van der Waals surface area contributed by atoms with Crippen molar-refractivity contribution in [3.8, 4) is 11.5 Å². The van der Waals surface area contributed by atoms with Gasteiger partial charge in [0.05, 0.1) is 12.0 Å². The van der Waals surface area contributed by atoms with Crippen LogP contribution in [0.4, 0.5) is 5.69 Å². The molecule has 29 heavy (non-hydrogen) atoms. The lowest BCUT2D eigenvalue weighted by atomic mass is 10.1. The number of nitrogens with zero attached hydrogens (tertiary/aromatic N) is 2. The number of carbonyl (C=O) groups excluding carboxylic acids is 1. The van der Waals surface area contributed by atoms with Crippen LogP contribution in [-0.4, -0.2) is 43.1 Å². The summed E-state index contributed by atoms with van der Waals surface area (Å²) in [4.78, 5) is 12.0. The molecule has 0 bridgehead atoms. The predicted octanol–water partition coefficient (Wildman–Crippen LogP) is 2.56. The maximum absolute atomic E-state index is 12.0. The highest BCUT2D eigenvalue weighted by molar-refractivity contribution is 7.99. The summed E-state index contributed by atoms with van der Waals surface area (Å²) in [5, 5.41) is 11.0. The maximum atomic E-state index is 12.0. The molecule has 3 rings (SSSR count). The number of hydrogen-bond acceptors (Lipinski definition) is 7. The lowest BCUT2D eigenvalue weighted by molar-refractivity contribution is -0.118. The van der Waals surface area contributed by atoms with Gasteiger partial charge in [0, 0.05) is 17.8 Å². The molecule has 0 unspecified atom stereocenters. The molecular weight excluding hydrogens is 412 g/mol. The molecule has 2 N–H and O–H groups in total. The number of anilines is 1. The van der Waals surface area contributed by atoms with Crippen LogP contribution in [-0.2, 0) is 21.2 Å². The van der Waals surface area contributed by atoms with Crippen molar-refractivity contribution in [1.29, 1.82) is 0 Å². The Morgan fingerprint density at radius 3 is 2.48 bits per heavy atom. The monoisotopic (exact) mass is 432 g/mol. The summed E-state index contributed by atoms with van der Waals surface area (Å²) < 4.78 is 30.4. The molecule has 2 aromatic carbocycles. The van der Waals surface area contributed by atoms with Gasteiger partial charge in [-0.3, -0.25) is 9.52 Å². The summed E-state index contributed by atoms with van der Waals surface area (Å²) in [5.74, 6) is 0.359. The molecule has 1 amide bonds. The summed E-state index contributed by atoms with van der Waals surface area (Å²) in [6, 6.07) is 16.5. The Balaban J connectivity index is 1.46. The van der Waals surface area contributed by atoms with E-state index in [0.29, 0.717) is 23.7 Å². The van der Waals surface area contributed by atoms with Gasteiger partial charge in [0.25, 0.3) is 5.22 Å². The smallest absolute Gasteiger partial charge is 0.277 e. The number of benzene rings is 2. The van der Waals surface area contributed by atoms with E-state index in [2.05, 4.69) is 20.2 Å². The lowest BCUT2D eigenvalue weighted by Gasteiger charge is -2.04. The molecule has 0 saturated heterocycles. The van der Waals surface area contributed by atoms with Crippen molar-refractivity contribution >= 4 is 33.4 Å². The number of rotatable bonds is 9. The van der Waals surface area contributed by atoms with Gasteiger partial charge in [-0.25, -0.2) is 8.42 Å². The normalized spacial score (nSPS) is 11.2. The first-order chi connectivity index (χ1) is 13.9. The Kier molecular flexibility index (Phi) is 6.89. The zero-order valence-corrected chi connectivity index (χ0v) is 17.3. The SMILES string of the molecule is CS(=O)(=O)Nc1ccc(-c2nnc(SCC(=O)NCCc3ccccc3)o2)cc1. The number of hydrogen-bond donors (Lipinski definition) is 2. The molecule has 1 heterocycles. The van der Waals surface area contributed by atoms with E-state index in [1.54, 1.807) is 24.3 Å². The fraction of sp³-hybridized carbons (Fsp3) is 0.211. The van der Waals surface area contributed by atoms with E-state index >= 15 is 0 Å². The first kappa shape index (κ1) is 20.9. The highest BCUT2D eigenvalue weighted by Crippen LogP contribution is 2.24. The Hall–Kier alpha value is -2.85. The molecule has 8 nitrogen and oxygen atoms in total. The number of amides is 1. The first-order valence-electron chi connectivity index (χ1n) is 8.74. The van der Waals surface area contributed by atoms with Crippen molar-refractivity contribution in [2.45, 2.75) is 11.6 Å². The van der Waals surface area contributed by atoms with Crippen LogP contribution in [0, 0.1) is 0 Å². The summed E-state index contributed by atoms with van der Waals surface area (Å²) in [6.07, 6.45) is 1.85. The average Bonchev–Trinajstić information content (AvgIpc) is 3.16. The number of nitrogens with one attached hydrogen (secondary N) is 2.